The van der Waals surface area contributed by atoms with Crippen molar-refractivity contribution in [3.63, 3.8) is 0 Å². The monoisotopic (exact) mass is 268 g/mol. The van der Waals surface area contributed by atoms with E-state index < -0.39 is 5.97 Å². The molecule has 0 aromatic heterocycles. The number of rotatable bonds is 4. The highest BCUT2D eigenvalue weighted by molar-refractivity contribution is 5.75. The largest absolute Gasteiger partial charge is 0.481 e. The van der Waals surface area contributed by atoms with Crippen LogP contribution in [0, 0.1) is 17.8 Å². The van der Waals surface area contributed by atoms with Gasteiger partial charge in [0.2, 0.25) is 0 Å². The fourth-order valence-corrected chi connectivity index (χ4v) is 3.32. The van der Waals surface area contributed by atoms with Crippen LogP contribution < -0.4 is 10.6 Å². The predicted molar refractivity (Wildman–Crippen MR) is 71.8 cm³/mol. The average Bonchev–Trinajstić information content (AvgIpc) is 2.96. The minimum atomic E-state index is -0.746. The Balaban J connectivity index is 1.63. The van der Waals surface area contributed by atoms with E-state index in [2.05, 4.69) is 17.6 Å². The minimum absolute atomic E-state index is 0.0172. The number of amides is 2. The molecule has 0 heterocycles. The highest BCUT2D eigenvalue weighted by Gasteiger charge is 2.30. The van der Waals surface area contributed by atoms with Gasteiger partial charge in [-0.25, -0.2) is 4.79 Å². The second kappa shape index (κ2) is 6.26. The molecule has 0 bridgehead atoms. The number of aliphatic carboxylic acids is 1. The summed E-state index contributed by atoms with van der Waals surface area (Å²) in [5, 5.41) is 14.7. The predicted octanol–water partition coefficient (Wildman–Crippen LogP) is 1.98. The summed E-state index contributed by atoms with van der Waals surface area (Å²) in [6.45, 7) is 3.00. The van der Waals surface area contributed by atoms with Crippen LogP contribution in [-0.2, 0) is 4.79 Å². The van der Waals surface area contributed by atoms with Gasteiger partial charge in [0.1, 0.15) is 0 Å². The third-order valence-corrected chi connectivity index (χ3v) is 4.47. The lowest BCUT2D eigenvalue weighted by Gasteiger charge is -2.15. The van der Waals surface area contributed by atoms with E-state index in [0.29, 0.717) is 18.8 Å². The van der Waals surface area contributed by atoms with Crippen molar-refractivity contribution in [1.29, 1.82) is 0 Å². The van der Waals surface area contributed by atoms with Crippen molar-refractivity contribution in [2.45, 2.75) is 51.5 Å². The molecule has 0 aromatic carbocycles. The summed E-state index contributed by atoms with van der Waals surface area (Å²) in [4.78, 5) is 22.6. The first-order valence-electron chi connectivity index (χ1n) is 7.31. The maximum absolute atomic E-state index is 11.7. The Morgan fingerprint density at radius 3 is 2.53 bits per heavy atom. The van der Waals surface area contributed by atoms with Crippen LogP contribution in [0.25, 0.3) is 0 Å². The van der Waals surface area contributed by atoms with E-state index in [1.165, 1.54) is 19.3 Å². The van der Waals surface area contributed by atoms with E-state index in [0.717, 1.165) is 18.9 Å². The number of carbonyl (C=O) groups is 2. The second-order valence-electron chi connectivity index (χ2n) is 6.18. The van der Waals surface area contributed by atoms with Crippen LogP contribution in [0.4, 0.5) is 4.79 Å². The van der Waals surface area contributed by atoms with Gasteiger partial charge in [-0.1, -0.05) is 13.3 Å². The Morgan fingerprint density at radius 1 is 1.16 bits per heavy atom. The second-order valence-corrected chi connectivity index (χ2v) is 6.18. The van der Waals surface area contributed by atoms with E-state index in [1.54, 1.807) is 0 Å². The molecule has 5 heteroatoms. The van der Waals surface area contributed by atoms with Gasteiger partial charge in [-0.3, -0.25) is 4.79 Å². The lowest BCUT2D eigenvalue weighted by atomic mass is 10.1. The molecular formula is C14H24N2O3. The average molecular weight is 268 g/mol. The van der Waals surface area contributed by atoms with Gasteiger partial charge in [-0.2, -0.15) is 0 Å². The molecular weight excluding hydrogens is 244 g/mol. The lowest BCUT2D eigenvalue weighted by molar-refractivity contribution is -0.141. The van der Waals surface area contributed by atoms with E-state index in [4.69, 9.17) is 5.11 Å². The Morgan fingerprint density at radius 2 is 1.95 bits per heavy atom. The first-order chi connectivity index (χ1) is 9.04. The van der Waals surface area contributed by atoms with Crippen LogP contribution in [0.3, 0.4) is 0 Å². The minimum Gasteiger partial charge on any atom is -0.481 e. The Kier molecular flexibility index (Phi) is 4.66. The molecule has 0 radical (unpaired) electrons. The molecule has 5 nitrogen and oxygen atoms in total. The molecule has 2 amide bonds. The van der Waals surface area contributed by atoms with Crippen molar-refractivity contribution in [3.05, 3.63) is 0 Å². The molecule has 3 N–H and O–H groups in total. The maximum atomic E-state index is 11.7. The molecule has 0 spiro atoms. The van der Waals surface area contributed by atoms with Crippen molar-refractivity contribution in [3.8, 4) is 0 Å². The fraction of sp³-hybridized carbons (Fsp3) is 0.857. The summed E-state index contributed by atoms with van der Waals surface area (Å²) in [6, 6.07) is -0.126. The zero-order chi connectivity index (χ0) is 13.8. The van der Waals surface area contributed by atoms with Crippen LogP contribution in [0.15, 0.2) is 0 Å². The molecule has 2 rings (SSSR count). The van der Waals surface area contributed by atoms with Crippen LogP contribution in [0.5, 0.6) is 0 Å². The quantitative estimate of drug-likeness (QED) is 0.729. The van der Waals surface area contributed by atoms with Crippen molar-refractivity contribution >= 4 is 12.0 Å². The summed E-state index contributed by atoms with van der Waals surface area (Å²) in [6.07, 6.45) is 5.65. The highest BCUT2D eigenvalue weighted by atomic mass is 16.4. The van der Waals surface area contributed by atoms with Crippen molar-refractivity contribution in [1.82, 2.24) is 10.6 Å². The van der Waals surface area contributed by atoms with Gasteiger partial charge in [0, 0.05) is 12.6 Å². The Labute approximate surface area is 114 Å². The molecule has 0 aromatic rings. The summed E-state index contributed by atoms with van der Waals surface area (Å²) in [7, 11) is 0. The Hall–Kier alpha value is -1.26. The summed E-state index contributed by atoms with van der Waals surface area (Å²) >= 11 is 0. The SMILES string of the molecule is CC1CCC(CNC(=O)N[C@H]2CC[C@@H](C(=O)O)C2)C1. The number of carboxylic acid groups (broad SMARTS) is 1. The summed E-state index contributed by atoms with van der Waals surface area (Å²) in [5.41, 5.74) is 0. The standard InChI is InChI=1S/C14H24N2O3/c1-9-2-3-10(6-9)8-15-14(19)16-12-5-4-11(7-12)13(17)18/h9-12H,2-8H2,1H3,(H,17,18)(H2,15,16,19)/t9?,10?,11-,12+/m1/s1. The van der Waals surface area contributed by atoms with Gasteiger partial charge in [-0.05, 0) is 43.9 Å². The molecule has 4 atom stereocenters. The van der Waals surface area contributed by atoms with Crippen LogP contribution >= 0.6 is 0 Å². The van der Waals surface area contributed by atoms with Gasteiger partial charge in [-0.15, -0.1) is 0 Å². The van der Waals surface area contributed by atoms with Gasteiger partial charge >= 0.3 is 12.0 Å². The summed E-state index contributed by atoms with van der Waals surface area (Å²) < 4.78 is 0. The zero-order valence-electron chi connectivity index (χ0n) is 11.5. The fourth-order valence-electron chi connectivity index (χ4n) is 3.32. The van der Waals surface area contributed by atoms with Gasteiger partial charge in [0.05, 0.1) is 5.92 Å². The molecule has 2 fully saturated rings. The van der Waals surface area contributed by atoms with E-state index >= 15 is 0 Å². The van der Waals surface area contributed by atoms with Crippen molar-refractivity contribution in [2.75, 3.05) is 6.54 Å². The summed E-state index contributed by atoms with van der Waals surface area (Å²) in [5.74, 6) is 0.350. The van der Waals surface area contributed by atoms with Gasteiger partial charge in [0.15, 0.2) is 0 Å². The normalized spacial score (nSPS) is 34.2. The Bertz CT molecular complexity index is 346. The van der Waals surface area contributed by atoms with E-state index in [-0.39, 0.29) is 18.0 Å². The zero-order valence-corrected chi connectivity index (χ0v) is 11.5. The van der Waals surface area contributed by atoms with Gasteiger partial charge < -0.3 is 15.7 Å². The highest BCUT2D eigenvalue weighted by Crippen LogP contribution is 2.29. The topological polar surface area (TPSA) is 78.4 Å². The van der Waals surface area contributed by atoms with E-state index in [1.807, 2.05) is 0 Å². The molecule has 0 aliphatic heterocycles. The van der Waals surface area contributed by atoms with Crippen molar-refractivity contribution < 1.29 is 14.7 Å². The van der Waals surface area contributed by atoms with Crippen LogP contribution in [-0.4, -0.2) is 29.7 Å². The third kappa shape index (κ3) is 4.11. The van der Waals surface area contributed by atoms with E-state index in [9.17, 15) is 9.59 Å². The number of hydrogen-bond donors (Lipinski definition) is 3. The molecule has 2 saturated carbocycles. The first-order valence-corrected chi connectivity index (χ1v) is 7.31. The number of hydrogen-bond acceptors (Lipinski definition) is 2. The maximum Gasteiger partial charge on any atom is 0.315 e. The van der Waals surface area contributed by atoms with Gasteiger partial charge in [0.25, 0.3) is 0 Å². The molecule has 2 aliphatic rings. The molecule has 2 aliphatic carbocycles. The first kappa shape index (κ1) is 14.2. The lowest BCUT2D eigenvalue weighted by Crippen LogP contribution is -2.42. The molecule has 108 valence electrons. The number of nitrogens with one attached hydrogen (secondary N) is 2. The molecule has 2 unspecified atom stereocenters. The van der Waals surface area contributed by atoms with Crippen LogP contribution in [0.2, 0.25) is 0 Å². The van der Waals surface area contributed by atoms with Crippen molar-refractivity contribution in [2.24, 2.45) is 17.8 Å². The van der Waals surface area contributed by atoms with Crippen LogP contribution in [0.1, 0.15) is 45.4 Å². The smallest absolute Gasteiger partial charge is 0.315 e. The molecule has 19 heavy (non-hydrogen) atoms. The number of carboxylic acids is 1. The molecule has 0 saturated heterocycles. The number of urea groups is 1. The number of carbonyl (C=O) groups excluding carboxylic acids is 1. The third-order valence-electron chi connectivity index (χ3n) is 4.47.